The van der Waals surface area contributed by atoms with Gasteiger partial charge < -0.3 is 15.2 Å². The van der Waals surface area contributed by atoms with Gasteiger partial charge in [0, 0.05) is 25.7 Å². The number of aryl methyl sites for hydroxylation is 1. The van der Waals surface area contributed by atoms with Crippen molar-refractivity contribution >= 4 is 11.6 Å². The van der Waals surface area contributed by atoms with Crippen LogP contribution in [0.4, 0.5) is 0 Å². The van der Waals surface area contributed by atoms with E-state index in [9.17, 15) is 0 Å². The normalized spacial score (nSPS) is 14.0. The fourth-order valence-electron chi connectivity index (χ4n) is 2.99. The van der Waals surface area contributed by atoms with Crippen molar-refractivity contribution in [2.45, 2.75) is 39.4 Å². The lowest BCUT2D eigenvalue weighted by Gasteiger charge is -2.10. The number of nitrogens with zero attached hydrogens (tertiary/aromatic N) is 7. The van der Waals surface area contributed by atoms with Gasteiger partial charge in [0.2, 0.25) is 0 Å². The summed E-state index contributed by atoms with van der Waals surface area (Å²) in [4.78, 5) is 4.63. The molecule has 2 N–H and O–H groups in total. The lowest BCUT2D eigenvalue weighted by Crippen LogP contribution is -2.37. The number of hydrogen-bond acceptors (Lipinski definition) is 5. The van der Waals surface area contributed by atoms with E-state index in [1.54, 1.807) is 0 Å². The Morgan fingerprint density at radius 1 is 1.16 bits per heavy atom. The molecule has 0 aliphatic carbocycles. The molecule has 1 aliphatic heterocycles. The summed E-state index contributed by atoms with van der Waals surface area (Å²) in [7, 11) is 0. The molecule has 1 aliphatic rings. The number of hydrogen-bond donors (Lipinski definition) is 2. The van der Waals surface area contributed by atoms with Gasteiger partial charge in [0.15, 0.2) is 23.3 Å². The molecule has 3 aromatic rings. The van der Waals surface area contributed by atoms with E-state index in [1.165, 1.54) is 0 Å². The van der Waals surface area contributed by atoms with Crippen LogP contribution >= 0.6 is 0 Å². The molecule has 25 heavy (non-hydrogen) atoms. The van der Waals surface area contributed by atoms with Crippen molar-refractivity contribution in [2.24, 2.45) is 4.99 Å². The largest absolute Gasteiger partial charge is 0.357 e. The first-order valence-electron chi connectivity index (χ1n) is 8.57. The second-order valence-corrected chi connectivity index (χ2v) is 5.88. The van der Waals surface area contributed by atoms with Gasteiger partial charge in [-0.2, -0.15) is 0 Å². The van der Waals surface area contributed by atoms with Gasteiger partial charge in [0.05, 0.1) is 6.54 Å². The quantitative estimate of drug-likeness (QED) is 0.520. The molecule has 0 bridgehead atoms. The van der Waals surface area contributed by atoms with Crippen molar-refractivity contribution < 1.29 is 0 Å². The predicted molar refractivity (Wildman–Crippen MR) is 93.0 cm³/mol. The zero-order valence-electron chi connectivity index (χ0n) is 14.2. The van der Waals surface area contributed by atoms with E-state index in [0.29, 0.717) is 13.1 Å². The van der Waals surface area contributed by atoms with Crippen LogP contribution < -0.4 is 10.6 Å². The summed E-state index contributed by atoms with van der Waals surface area (Å²) in [6.45, 7) is 4.85. The van der Waals surface area contributed by atoms with Crippen LogP contribution in [0.3, 0.4) is 0 Å². The molecule has 0 radical (unpaired) electrons. The molecule has 9 nitrogen and oxygen atoms in total. The van der Waals surface area contributed by atoms with Gasteiger partial charge in [0.25, 0.3) is 0 Å². The van der Waals surface area contributed by atoms with Crippen molar-refractivity contribution in [3.63, 3.8) is 0 Å². The molecule has 0 saturated carbocycles. The van der Waals surface area contributed by atoms with E-state index in [0.717, 1.165) is 55.0 Å². The van der Waals surface area contributed by atoms with Gasteiger partial charge in [0.1, 0.15) is 12.4 Å². The van der Waals surface area contributed by atoms with E-state index in [4.69, 9.17) is 0 Å². The first-order chi connectivity index (χ1) is 12.3. The summed E-state index contributed by atoms with van der Waals surface area (Å²) >= 11 is 0. The van der Waals surface area contributed by atoms with Gasteiger partial charge in [-0.25, -0.2) is 4.99 Å². The monoisotopic (exact) mass is 339 g/mol. The topological polar surface area (TPSA) is 97.3 Å². The molecule has 0 amide bonds. The van der Waals surface area contributed by atoms with Gasteiger partial charge in [-0.3, -0.25) is 4.40 Å². The highest BCUT2D eigenvalue weighted by atomic mass is 15.3. The number of fused-ring (bicyclic) bond motifs is 2. The summed E-state index contributed by atoms with van der Waals surface area (Å²) in [5.41, 5.74) is 0.834. The SMILES string of the molecule is CCNC(=NCc1nnc2n1CCC2)NCc1nnc2ccccn12. The van der Waals surface area contributed by atoms with Crippen molar-refractivity contribution in [1.29, 1.82) is 0 Å². The molecule has 0 atom stereocenters. The first kappa shape index (κ1) is 15.6. The maximum atomic E-state index is 4.63. The van der Waals surface area contributed by atoms with Crippen molar-refractivity contribution in [1.82, 2.24) is 40.0 Å². The van der Waals surface area contributed by atoms with E-state index < -0.39 is 0 Å². The van der Waals surface area contributed by atoms with E-state index in [-0.39, 0.29) is 0 Å². The Bertz CT molecular complexity index is 892. The van der Waals surface area contributed by atoms with Crippen molar-refractivity contribution in [3.8, 4) is 0 Å². The minimum Gasteiger partial charge on any atom is -0.357 e. The summed E-state index contributed by atoms with van der Waals surface area (Å²) in [5.74, 6) is 3.55. The maximum absolute atomic E-state index is 4.63. The molecule has 0 unspecified atom stereocenters. The van der Waals surface area contributed by atoms with E-state index >= 15 is 0 Å². The lowest BCUT2D eigenvalue weighted by molar-refractivity contribution is 0.683. The third kappa shape index (κ3) is 3.17. The number of nitrogens with one attached hydrogen (secondary N) is 2. The number of aromatic nitrogens is 6. The first-order valence-corrected chi connectivity index (χ1v) is 8.57. The zero-order valence-corrected chi connectivity index (χ0v) is 14.2. The maximum Gasteiger partial charge on any atom is 0.192 e. The smallest absolute Gasteiger partial charge is 0.192 e. The molecule has 130 valence electrons. The lowest BCUT2D eigenvalue weighted by atomic mass is 10.4. The number of pyridine rings is 1. The Hall–Kier alpha value is -2.97. The zero-order chi connectivity index (χ0) is 17.1. The molecule has 4 rings (SSSR count). The highest BCUT2D eigenvalue weighted by molar-refractivity contribution is 5.79. The standard InChI is InChI=1S/C16H21N9/c1-2-17-16(19-11-15-23-21-13-7-5-9-25(13)15)18-10-14-22-20-12-6-3-4-8-24(12)14/h3-4,6,8H,2,5,7,9-11H2,1H3,(H2,17,18,19). The van der Waals surface area contributed by atoms with Crippen LogP contribution in [-0.4, -0.2) is 41.9 Å². The summed E-state index contributed by atoms with van der Waals surface area (Å²) < 4.78 is 4.13. The predicted octanol–water partition coefficient (Wildman–Crippen LogP) is 0.522. The average Bonchev–Trinajstić information content (AvgIpc) is 3.33. The van der Waals surface area contributed by atoms with Gasteiger partial charge in [-0.05, 0) is 25.5 Å². The molecule has 0 aromatic carbocycles. The van der Waals surface area contributed by atoms with Crippen LogP contribution in [0.5, 0.6) is 0 Å². The molecule has 0 fully saturated rings. The van der Waals surface area contributed by atoms with Gasteiger partial charge in [-0.15, -0.1) is 20.4 Å². The number of rotatable bonds is 5. The Balaban J connectivity index is 1.45. The van der Waals surface area contributed by atoms with E-state index in [1.807, 2.05) is 35.7 Å². The van der Waals surface area contributed by atoms with E-state index in [2.05, 4.69) is 40.6 Å². The fraction of sp³-hybridized carbons (Fsp3) is 0.438. The third-order valence-corrected chi connectivity index (χ3v) is 4.21. The second kappa shape index (κ2) is 6.88. The number of aliphatic imine (C=N–C) groups is 1. The number of guanidine groups is 1. The van der Waals surface area contributed by atoms with Gasteiger partial charge >= 0.3 is 0 Å². The molecular weight excluding hydrogens is 318 g/mol. The van der Waals surface area contributed by atoms with Crippen LogP contribution in [0.25, 0.3) is 5.65 Å². The van der Waals surface area contributed by atoms with Crippen LogP contribution in [0, 0.1) is 0 Å². The highest BCUT2D eigenvalue weighted by Gasteiger charge is 2.16. The molecule has 0 saturated heterocycles. The Morgan fingerprint density at radius 3 is 3.00 bits per heavy atom. The molecular formula is C16H21N9. The van der Waals surface area contributed by atoms with Crippen molar-refractivity contribution in [3.05, 3.63) is 41.9 Å². The van der Waals surface area contributed by atoms with Crippen LogP contribution in [0.2, 0.25) is 0 Å². The molecule has 3 aromatic heterocycles. The van der Waals surface area contributed by atoms with Crippen LogP contribution in [0.1, 0.15) is 30.8 Å². The summed E-state index contributed by atoms with van der Waals surface area (Å²) in [6, 6.07) is 5.84. The van der Waals surface area contributed by atoms with Crippen LogP contribution in [-0.2, 0) is 26.1 Å². The minimum absolute atomic E-state index is 0.503. The highest BCUT2D eigenvalue weighted by Crippen LogP contribution is 2.14. The fourth-order valence-corrected chi connectivity index (χ4v) is 2.99. The Kier molecular flexibility index (Phi) is 4.28. The molecule has 4 heterocycles. The Labute approximate surface area is 145 Å². The third-order valence-electron chi connectivity index (χ3n) is 4.21. The second-order valence-electron chi connectivity index (χ2n) is 5.88. The van der Waals surface area contributed by atoms with Crippen molar-refractivity contribution in [2.75, 3.05) is 6.54 Å². The molecule has 9 heteroatoms. The molecule has 0 spiro atoms. The average molecular weight is 339 g/mol. The summed E-state index contributed by atoms with van der Waals surface area (Å²) in [5, 5.41) is 23.4. The van der Waals surface area contributed by atoms with Gasteiger partial charge in [-0.1, -0.05) is 6.07 Å². The van der Waals surface area contributed by atoms with Crippen LogP contribution in [0.15, 0.2) is 29.4 Å². The minimum atomic E-state index is 0.503. The summed E-state index contributed by atoms with van der Waals surface area (Å²) in [6.07, 6.45) is 4.10. The Morgan fingerprint density at radius 2 is 2.08 bits per heavy atom.